The zero-order valence-electron chi connectivity index (χ0n) is 2.84. The van der Waals surface area contributed by atoms with Gasteiger partial charge in [0.1, 0.15) is 6.66 Å². The molecular formula is CH3BOPS+. The molecule has 1 unspecified atom stereocenters. The van der Waals surface area contributed by atoms with Crippen molar-refractivity contribution in [2.75, 3.05) is 6.66 Å². The lowest BCUT2D eigenvalue weighted by Crippen LogP contribution is -1.37. The highest BCUT2D eigenvalue weighted by Gasteiger charge is 1.95. The van der Waals surface area contributed by atoms with Crippen LogP contribution in [0, 0.1) is 0 Å². The molecule has 0 aliphatic rings. The Morgan fingerprint density at radius 3 is 2.20 bits per heavy atom. The highest BCUT2D eigenvalue weighted by molar-refractivity contribution is 8.62. The first kappa shape index (κ1) is 5.51. The van der Waals surface area contributed by atoms with Gasteiger partial charge in [-0.05, 0) is 0 Å². The van der Waals surface area contributed by atoms with Gasteiger partial charge in [-0.1, -0.05) is 4.57 Å². The lowest BCUT2D eigenvalue weighted by atomic mass is 10.8. The molecule has 0 saturated carbocycles. The van der Waals surface area contributed by atoms with Gasteiger partial charge in [0.25, 0.3) is 0 Å². The van der Waals surface area contributed by atoms with Gasteiger partial charge in [0.05, 0.1) is 0 Å². The van der Waals surface area contributed by atoms with E-state index in [9.17, 15) is 4.57 Å². The van der Waals surface area contributed by atoms with Crippen LogP contribution in [0.1, 0.15) is 0 Å². The third-order valence-corrected chi connectivity index (χ3v) is 1.34. The summed E-state index contributed by atoms with van der Waals surface area (Å²) < 4.78 is 9.80. The summed E-state index contributed by atoms with van der Waals surface area (Å²) in [6.45, 7) is 1.57. The fourth-order valence-corrected chi connectivity index (χ4v) is 0. The van der Waals surface area contributed by atoms with Gasteiger partial charge < -0.3 is 0 Å². The molecule has 0 aromatic heterocycles. The SMILES string of the molecule is [B]S[P+](C)=O. The van der Waals surface area contributed by atoms with Gasteiger partial charge in [-0.15, -0.1) is 0 Å². The molecule has 0 heterocycles. The molecule has 0 aromatic rings. The summed E-state index contributed by atoms with van der Waals surface area (Å²) in [6.07, 6.45) is 0. The molecule has 1 nitrogen and oxygen atoms in total. The molecule has 1 atom stereocenters. The number of hydrogen-bond acceptors (Lipinski definition) is 2. The summed E-state index contributed by atoms with van der Waals surface area (Å²) in [6, 6.07) is 0. The molecule has 5 heavy (non-hydrogen) atoms. The second-order valence-electron chi connectivity index (χ2n) is 0.545. The van der Waals surface area contributed by atoms with Crippen molar-refractivity contribution < 1.29 is 4.57 Å². The standard InChI is InChI=1S/CH3BOPS/c1-4(3)5-2/h1H3/q+1. The van der Waals surface area contributed by atoms with E-state index in [4.69, 9.17) is 7.12 Å². The smallest absolute Gasteiger partial charge is 0.0611 e. The Morgan fingerprint density at radius 2 is 2.20 bits per heavy atom. The molecule has 4 heteroatoms. The maximum absolute atomic E-state index is 9.80. The van der Waals surface area contributed by atoms with E-state index in [1.165, 1.54) is 0 Å². The van der Waals surface area contributed by atoms with Crippen LogP contribution in [0.3, 0.4) is 0 Å². The predicted molar refractivity (Wildman–Crippen MR) is 26.9 cm³/mol. The van der Waals surface area contributed by atoms with Gasteiger partial charge in [0.15, 0.2) is 0 Å². The van der Waals surface area contributed by atoms with Crippen LogP contribution in [0.25, 0.3) is 0 Å². The molecule has 0 bridgehead atoms. The van der Waals surface area contributed by atoms with E-state index in [2.05, 4.69) is 0 Å². The van der Waals surface area contributed by atoms with Crippen LogP contribution in [0.4, 0.5) is 0 Å². The maximum Gasteiger partial charge on any atom is 0.393 e. The van der Waals surface area contributed by atoms with Crippen molar-refractivity contribution in [2.45, 2.75) is 0 Å². The largest absolute Gasteiger partial charge is 0.393 e. The zero-order chi connectivity index (χ0) is 4.28. The minimum absolute atomic E-state index is 0.889. The lowest BCUT2D eigenvalue weighted by molar-refractivity contribution is 0.599. The summed E-state index contributed by atoms with van der Waals surface area (Å²) in [5, 5.41) is 0. The van der Waals surface area contributed by atoms with E-state index in [-0.39, 0.29) is 0 Å². The monoisotopic (exact) mass is 105 g/mol. The molecule has 0 aliphatic carbocycles. The summed E-state index contributed by atoms with van der Waals surface area (Å²) in [7, 11) is 3.65. The lowest BCUT2D eigenvalue weighted by Gasteiger charge is -1.53. The van der Waals surface area contributed by atoms with E-state index >= 15 is 0 Å². The summed E-state index contributed by atoms with van der Waals surface area (Å²) >= 11 is 0.889. The van der Waals surface area contributed by atoms with Crippen LogP contribution >= 0.6 is 18.2 Å². The second kappa shape index (κ2) is 2.74. The first-order chi connectivity index (χ1) is 2.27. The Bertz CT molecular complexity index is 46.9. The Balaban J connectivity index is 2.85. The van der Waals surface area contributed by atoms with Crippen LogP contribution in [0.5, 0.6) is 0 Å². The molecule has 0 rings (SSSR count). The summed E-state index contributed by atoms with van der Waals surface area (Å²) in [5.74, 6) is 0. The van der Waals surface area contributed by atoms with Crippen molar-refractivity contribution in [3.05, 3.63) is 0 Å². The van der Waals surface area contributed by atoms with Crippen molar-refractivity contribution in [1.29, 1.82) is 0 Å². The molecule has 26 valence electrons. The normalized spacial score (nSPS) is 11.0. The maximum atomic E-state index is 9.80. The molecule has 0 aromatic carbocycles. The number of rotatable bonds is 1. The van der Waals surface area contributed by atoms with Crippen LogP contribution in [-0.4, -0.2) is 13.8 Å². The Hall–Kier alpha value is 0.515. The third-order valence-electron chi connectivity index (χ3n) is 0.148. The highest BCUT2D eigenvalue weighted by atomic mass is 32.7. The quantitative estimate of drug-likeness (QED) is 0.367. The zero-order valence-corrected chi connectivity index (χ0v) is 4.55. The summed E-state index contributed by atoms with van der Waals surface area (Å²) in [5.41, 5.74) is 0. The Kier molecular flexibility index (Phi) is 3.02. The highest BCUT2D eigenvalue weighted by Crippen LogP contribution is 2.28. The fourth-order valence-electron chi connectivity index (χ4n) is 0. The van der Waals surface area contributed by atoms with Crippen LogP contribution in [0.15, 0.2) is 0 Å². The predicted octanol–water partition coefficient (Wildman–Crippen LogP) is 1.18. The number of hydrogen-bond donors (Lipinski definition) is 0. The van der Waals surface area contributed by atoms with Gasteiger partial charge in [-0.25, -0.2) is 0 Å². The summed E-state index contributed by atoms with van der Waals surface area (Å²) in [4.78, 5) is 0. The van der Waals surface area contributed by atoms with Gasteiger partial charge in [0.2, 0.25) is 7.12 Å². The van der Waals surface area contributed by atoms with E-state index in [1.807, 2.05) is 0 Å². The molecule has 0 N–H and O–H groups in total. The van der Waals surface area contributed by atoms with Gasteiger partial charge in [-0.2, -0.15) is 0 Å². The Morgan fingerprint density at radius 1 is 2.00 bits per heavy atom. The Labute approximate surface area is 37.4 Å². The van der Waals surface area contributed by atoms with Crippen LogP contribution in [-0.2, 0) is 4.57 Å². The van der Waals surface area contributed by atoms with E-state index in [0.717, 1.165) is 11.2 Å². The minimum Gasteiger partial charge on any atom is -0.0611 e. The topological polar surface area (TPSA) is 17.1 Å². The van der Waals surface area contributed by atoms with Gasteiger partial charge >= 0.3 is 7.00 Å². The van der Waals surface area contributed by atoms with Crippen molar-refractivity contribution in [2.24, 2.45) is 0 Å². The molecule has 0 aliphatic heterocycles. The average molecular weight is 105 g/mol. The molecular weight excluding hydrogens is 102 g/mol. The van der Waals surface area contributed by atoms with E-state index in [1.54, 1.807) is 6.66 Å². The fraction of sp³-hybridized carbons (Fsp3) is 1.00. The molecule has 0 saturated heterocycles. The average Bonchev–Trinajstić information content (AvgIpc) is 1.38. The third kappa shape index (κ3) is 4.51. The van der Waals surface area contributed by atoms with Crippen molar-refractivity contribution in [3.8, 4) is 0 Å². The molecule has 0 fully saturated rings. The molecule has 0 amide bonds. The first-order valence-corrected chi connectivity index (χ1v) is 4.24. The van der Waals surface area contributed by atoms with Gasteiger partial charge in [-0.3, -0.25) is 0 Å². The van der Waals surface area contributed by atoms with Gasteiger partial charge in [0, 0.05) is 11.2 Å². The van der Waals surface area contributed by atoms with Crippen molar-refractivity contribution >= 4 is 25.4 Å². The first-order valence-electron chi connectivity index (χ1n) is 1.05. The molecule has 2 radical (unpaired) electrons. The van der Waals surface area contributed by atoms with E-state index in [0.29, 0.717) is 0 Å². The second-order valence-corrected chi connectivity index (χ2v) is 3.81. The van der Waals surface area contributed by atoms with Crippen LogP contribution in [0.2, 0.25) is 0 Å². The van der Waals surface area contributed by atoms with Crippen LogP contribution < -0.4 is 0 Å². The van der Waals surface area contributed by atoms with Crippen molar-refractivity contribution in [3.63, 3.8) is 0 Å². The minimum atomic E-state index is -1.15. The van der Waals surface area contributed by atoms with Crippen molar-refractivity contribution in [1.82, 2.24) is 0 Å². The van der Waals surface area contributed by atoms with E-state index < -0.39 is 7.00 Å². The molecule has 0 spiro atoms.